The molecule has 15 aromatic rings. The Morgan fingerprint density at radius 2 is 0.585 bits per heavy atom. The Morgan fingerprint density at radius 1 is 0.256 bits per heavy atom. The van der Waals surface area contributed by atoms with E-state index in [-0.39, 0.29) is 10.8 Å². The quantitative estimate of drug-likeness (QED) is 0.166. The second-order valence-corrected chi connectivity index (χ2v) is 22.9. The normalized spacial score (nSPS) is 14.2. The van der Waals surface area contributed by atoms with Crippen molar-refractivity contribution in [3.63, 3.8) is 0 Å². The van der Waals surface area contributed by atoms with Gasteiger partial charge in [-0.15, -0.1) is 0 Å². The smallest absolute Gasteiger partial charge is 0.222 e. The molecule has 0 bridgehead atoms. The molecule has 0 radical (unpaired) electrons. The summed E-state index contributed by atoms with van der Waals surface area (Å²) < 4.78 is 9.40. The van der Waals surface area contributed by atoms with Crippen molar-refractivity contribution in [2.75, 3.05) is 9.80 Å². The van der Waals surface area contributed by atoms with E-state index in [0.29, 0.717) is 11.3 Å². The van der Waals surface area contributed by atoms with Crippen molar-refractivity contribution >= 4 is 101 Å². The number of para-hydroxylation sites is 8. The van der Waals surface area contributed by atoms with Crippen molar-refractivity contribution < 1.29 is 0 Å². The zero-order valence-electron chi connectivity index (χ0n) is 45.7. The molecular formula is C73H53N9. The van der Waals surface area contributed by atoms with Gasteiger partial charge >= 0.3 is 0 Å². The Balaban J connectivity index is 0.893. The predicted molar refractivity (Wildman–Crippen MR) is 336 cm³/mol. The van der Waals surface area contributed by atoms with Gasteiger partial charge in [-0.1, -0.05) is 173 Å². The number of rotatable bonds is 6. The molecule has 0 N–H and O–H groups in total. The molecular weight excluding hydrogens is 1000 g/mol. The highest BCUT2D eigenvalue weighted by Gasteiger charge is 2.41. The Bertz CT molecular complexity index is 4710. The summed E-state index contributed by atoms with van der Waals surface area (Å²) >= 11 is 0. The number of aromatic nitrogens is 7. The van der Waals surface area contributed by atoms with Gasteiger partial charge in [-0.3, -0.25) is 18.9 Å². The van der Waals surface area contributed by atoms with Crippen LogP contribution in [0.15, 0.2) is 249 Å². The van der Waals surface area contributed by atoms with Crippen molar-refractivity contribution in [3.05, 3.63) is 271 Å². The van der Waals surface area contributed by atoms with E-state index in [1.54, 1.807) is 0 Å². The second-order valence-electron chi connectivity index (χ2n) is 22.9. The van der Waals surface area contributed by atoms with Crippen molar-refractivity contribution in [1.82, 2.24) is 33.2 Å². The number of fused-ring (bicyclic) bond motifs is 12. The minimum atomic E-state index is -0.366. The van der Waals surface area contributed by atoms with Crippen molar-refractivity contribution in [2.45, 2.75) is 38.5 Å². The first-order valence-corrected chi connectivity index (χ1v) is 28.2. The van der Waals surface area contributed by atoms with E-state index in [1.807, 2.05) is 0 Å². The van der Waals surface area contributed by atoms with Crippen LogP contribution >= 0.6 is 0 Å². The van der Waals surface area contributed by atoms with Crippen LogP contribution in [0.25, 0.3) is 88.7 Å². The molecule has 82 heavy (non-hydrogen) atoms. The fourth-order valence-electron chi connectivity index (χ4n) is 13.9. The zero-order valence-corrected chi connectivity index (χ0v) is 45.7. The van der Waals surface area contributed by atoms with Crippen LogP contribution in [0, 0.1) is 0 Å². The number of pyridine rings is 1. The summed E-state index contributed by atoms with van der Waals surface area (Å²) in [6.07, 6.45) is 0. The maximum atomic E-state index is 5.66. The molecule has 0 unspecified atom stereocenters. The van der Waals surface area contributed by atoms with Crippen LogP contribution in [0.3, 0.4) is 0 Å². The number of hydrogen-bond acceptors (Lipinski definition) is 5. The molecule has 10 aromatic carbocycles. The highest BCUT2D eigenvalue weighted by atomic mass is 15.4. The molecule has 7 heterocycles. The summed E-state index contributed by atoms with van der Waals surface area (Å²) in [6.45, 7) is 9.40. The molecule has 9 nitrogen and oxygen atoms in total. The average Bonchev–Trinajstić information content (AvgIpc) is 3.15. The standard InChI is InChI=1S/C73H53N9/c1-72(2)54-31-15-21-37-62(54)81(64-41-39-48(43-56(64)72)77-58-33-17-11-27-50(58)51-28-12-18-34-59(51)77)70-75-68-66(79(70)46-23-7-5-8-24-46)45-67-69(74-68)76-71(80(67)47-25-9-6-10-26-47)82-63-38-22-16-32-55(63)73(3,4)57-44-49(40-42-65(57)82)78-60-35-19-13-29-52(60)53-30-14-20-36-61(53)78/h5-45H,1-4H3. The maximum Gasteiger partial charge on any atom is 0.222 e. The molecule has 2 aliphatic rings. The summed E-state index contributed by atoms with van der Waals surface area (Å²) in [5.74, 6) is 1.48. The van der Waals surface area contributed by atoms with Crippen LogP contribution in [-0.2, 0) is 10.8 Å². The summed E-state index contributed by atoms with van der Waals surface area (Å²) in [7, 11) is 0. The number of imidazole rings is 2. The van der Waals surface area contributed by atoms with E-state index in [4.69, 9.17) is 15.0 Å². The zero-order chi connectivity index (χ0) is 54.6. The third-order valence-corrected chi connectivity index (χ3v) is 17.8. The van der Waals surface area contributed by atoms with Crippen LogP contribution in [0.1, 0.15) is 49.9 Å². The number of anilines is 6. The molecule has 9 heteroatoms. The van der Waals surface area contributed by atoms with Crippen LogP contribution in [-0.4, -0.2) is 33.2 Å². The van der Waals surface area contributed by atoms with Crippen molar-refractivity contribution in [1.29, 1.82) is 0 Å². The average molecular weight is 1060 g/mol. The molecule has 0 aliphatic carbocycles. The third kappa shape index (κ3) is 6.41. The van der Waals surface area contributed by atoms with E-state index in [0.717, 1.165) is 68.4 Å². The lowest BCUT2D eigenvalue weighted by molar-refractivity contribution is 0.630. The van der Waals surface area contributed by atoms with Gasteiger partial charge in [0.25, 0.3) is 0 Å². The van der Waals surface area contributed by atoms with Gasteiger partial charge < -0.3 is 9.13 Å². The molecule has 5 aromatic heterocycles. The fourth-order valence-corrected chi connectivity index (χ4v) is 13.9. The van der Waals surface area contributed by atoms with E-state index in [2.05, 4.69) is 304 Å². The minimum absolute atomic E-state index is 0.366. The van der Waals surface area contributed by atoms with Gasteiger partial charge in [0.15, 0.2) is 11.3 Å². The first-order valence-electron chi connectivity index (χ1n) is 28.2. The first kappa shape index (κ1) is 46.4. The molecule has 0 saturated carbocycles. The SMILES string of the molecule is CC1(C)c2ccccc2N(c2nc3nc4nc(N5c6ccccc6C(C)(C)c6cc(-n7c8ccccc8c8ccccc87)ccc65)n(-c5ccccc5)c4cc3n2-c2ccccc2)c2ccc(-n3c4ccccc4c4ccccc43)cc21. The highest BCUT2D eigenvalue weighted by Crippen LogP contribution is 2.55. The van der Waals surface area contributed by atoms with Crippen LogP contribution in [0.5, 0.6) is 0 Å². The minimum Gasteiger partial charge on any atom is -0.309 e. The lowest BCUT2D eigenvalue weighted by atomic mass is 9.73. The van der Waals surface area contributed by atoms with Crippen LogP contribution < -0.4 is 9.80 Å². The first-order chi connectivity index (χ1) is 40.2. The molecule has 0 spiro atoms. The molecule has 390 valence electrons. The topological polar surface area (TPSA) is 64.9 Å². The van der Waals surface area contributed by atoms with Gasteiger partial charge in [-0.25, -0.2) is 4.98 Å². The molecule has 2 aliphatic heterocycles. The van der Waals surface area contributed by atoms with Crippen LogP contribution in [0.2, 0.25) is 0 Å². The van der Waals surface area contributed by atoms with Gasteiger partial charge in [-0.2, -0.15) is 9.97 Å². The summed E-state index contributed by atoms with van der Waals surface area (Å²) in [5.41, 5.74) is 20.1. The Kier molecular flexibility index (Phi) is 9.62. The van der Waals surface area contributed by atoms with Gasteiger partial charge in [0, 0.05) is 55.1 Å². The number of nitrogens with zero attached hydrogens (tertiary/aromatic N) is 9. The third-order valence-electron chi connectivity index (χ3n) is 17.8. The Hall–Kier alpha value is -10.5. The van der Waals surface area contributed by atoms with Gasteiger partial charge in [0.1, 0.15) is 0 Å². The summed E-state index contributed by atoms with van der Waals surface area (Å²) in [5, 5.41) is 4.94. The van der Waals surface area contributed by atoms with Crippen molar-refractivity contribution in [2.24, 2.45) is 0 Å². The summed E-state index contributed by atoms with van der Waals surface area (Å²) in [6, 6.07) is 89.9. The lowest BCUT2D eigenvalue weighted by Crippen LogP contribution is -2.32. The van der Waals surface area contributed by atoms with Crippen LogP contribution in [0.4, 0.5) is 34.6 Å². The van der Waals surface area contributed by atoms with Crippen molar-refractivity contribution in [3.8, 4) is 22.7 Å². The predicted octanol–water partition coefficient (Wildman–Crippen LogP) is 18.2. The van der Waals surface area contributed by atoms with Gasteiger partial charge in [-0.05, 0) is 125 Å². The largest absolute Gasteiger partial charge is 0.309 e. The van der Waals surface area contributed by atoms with E-state index < -0.39 is 0 Å². The lowest BCUT2D eigenvalue weighted by Gasteiger charge is -2.41. The monoisotopic (exact) mass is 1060 g/mol. The molecule has 0 atom stereocenters. The Labute approximate surface area is 473 Å². The fraction of sp³-hybridized carbons (Fsp3) is 0.0822. The number of benzene rings is 10. The summed E-state index contributed by atoms with van der Waals surface area (Å²) in [4.78, 5) is 21.6. The maximum absolute atomic E-state index is 5.66. The van der Waals surface area contributed by atoms with Gasteiger partial charge in [0.05, 0.1) is 55.8 Å². The van der Waals surface area contributed by atoms with Gasteiger partial charge in [0.2, 0.25) is 11.9 Å². The second kappa shape index (κ2) is 17.0. The van der Waals surface area contributed by atoms with E-state index in [9.17, 15) is 0 Å². The molecule has 0 fully saturated rings. The number of hydrogen-bond donors (Lipinski definition) is 0. The molecule has 0 saturated heterocycles. The van der Waals surface area contributed by atoms with E-state index in [1.165, 1.54) is 65.9 Å². The molecule has 17 rings (SSSR count). The Morgan fingerprint density at radius 3 is 0.976 bits per heavy atom. The molecule has 0 amide bonds. The highest BCUT2D eigenvalue weighted by molar-refractivity contribution is 6.10. The van der Waals surface area contributed by atoms with E-state index >= 15 is 0 Å².